The molecule has 0 saturated heterocycles. The average Bonchev–Trinajstić information content (AvgIpc) is 2.78. The van der Waals surface area contributed by atoms with Gasteiger partial charge in [0, 0.05) is 17.9 Å². The minimum absolute atomic E-state index is 0.506. The normalized spacial score (nSPS) is 10.5. The summed E-state index contributed by atoms with van der Waals surface area (Å²) in [7, 11) is 1.63. The van der Waals surface area contributed by atoms with Gasteiger partial charge in [0.2, 0.25) is 0 Å². The second-order valence-electron chi connectivity index (χ2n) is 3.41. The number of halogens is 2. The zero-order valence-electron chi connectivity index (χ0n) is 9.24. The Morgan fingerprint density at radius 1 is 1.47 bits per heavy atom. The molecule has 0 bridgehead atoms. The van der Waals surface area contributed by atoms with Crippen LogP contribution in [-0.4, -0.2) is 18.0 Å². The van der Waals surface area contributed by atoms with Crippen LogP contribution in [0.15, 0.2) is 33.3 Å². The lowest BCUT2D eigenvalue weighted by molar-refractivity contribution is 0.412. The van der Waals surface area contributed by atoms with Gasteiger partial charge < -0.3 is 9.15 Å². The summed E-state index contributed by atoms with van der Waals surface area (Å²) in [6, 6.07) is 5.74. The molecule has 0 aliphatic carbocycles. The minimum atomic E-state index is 0.506. The highest BCUT2D eigenvalue weighted by Gasteiger charge is 2.08. The van der Waals surface area contributed by atoms with Gasteiger partial charge in [-0.1, -0.05) is 0 Å². The van der Waals surface area contributed by atoms with E-state index < -0.39 is 0 Å². The molecule has 2 aromatic rings. The van der Waals surface area contributed by atoms with Gasteiger partial charge in [-0.05, 0) is 34.1 Å². The van der Waals surface area contributed by atoms with Crippen LogP contribution in [0.25, 0.3) is 11.3 Å². The first-order valence-corrected chi connectivity index (χ1v) is 6.42. The second-order valence-corrected chi connectivity index (χ2v) is 4.64. The summed E-state index contributed by atoms with van der Waals surface area (Å²) in [6.45, 7) is 0. The van der Waals surface area contributed by atoms with Crippen molar-refractivity contribution in [2.24, 2.45) is 0 Å². The number of alkyl halides is 1. The van der Waals surface area contributed by atoms with Gasteiger partial charge in [0.15, 0.2) is 11.7 Å². The Hall–Kier alpha value is -1.00. The SMILES string of the molecule is COc1ccc(-c2cnc(CCCl)o2)cc1Br. The molecule has 5 heteroatoms. The Morgan fingerprint density at radius 2 is 2.29 bits per heavy atom. The number of aryl methyl sites for hydroxylation is 1. The molecule has 90 valence electrons. The molecule has 17 heavy (non-hydrogen) atoms. The van der Waals surface area contributed by atoms with E-state index in [0.29, 0.717) is 18.2 Å². The lowest BCUT2D eigenvalue weighted by Crippen LogP contribution is -1.85. The van der Waals surface area contributed by atoms with Crippen molar-refractivity contribution in [3.05, 3.63) is 34.8 Å². The summed E-state index contributed by atoms with van der Waals surface area (Å²) in [5.74, 6) is 2.68. The fourth-order valence-corrected chi connectivity index (χ4v) is 2.16. The third-order valence-corrected chi connectivity index (χ3v) is 3.11. The molecule has 2 rings (SSSR count). The molecule has 3 nitrogen and oxygen atoms in total. The van der Waals surface area contributed by atoms with Crippen LogP contribution in [0.4, 0.5) is 0 Å². The monoisotopic (exact) mass is 315 g/mol. The van der Waals surface area contributed by atoms with E-state index in [1.807, 2.05) is 18.2 Å². The molecule has 1 heterocycles. The van der Waals surface area contributed by atoms with E-state index in [1.54, 1.807) is 13.3 Å². The van der Waals surface area contributed by atoms with Crippen LogP contribution in [0.1, 0.15) is 5.89 Å². The maximum Gasteiger partial charge on any atom is 0.196 e. The lowest BCUT2D eigenvalue weighted by atomic mass is 10.2. The third-order valence-electron chi connectivity index (χ3n) is 2.30. The number of nitrogens with zero attached hydrogens (tertiary/aromatic N) is 1. The largest absolute Gasteiger partial charge is 0.496 e. The van der Waals surface area contributed by atoms with E-state index in [9.17, 15) is 0 Å². The zero-order valence-corrected chi connectivity index (χ0v) is 11.6. The number of oxazole rings is 1. The van der Waals surface area contributed by atoms with Gasteiger partial charge >= 0.3 is 0 Å². The number of methoxy groups -OCH3 is 1. The average molecular weight is 317 g/mol. The fourth-order valence-electron chi connectivity index (χ4n) is 1.46. The van der Waals surface area contributed by atoms with E-state index >= 15 is 0 Å². The molecule has 0 N–H and O–H groups in total. The number of rotatable bonds is 4. The highest BCUT2D eigenvalue weighted by molar-refractivity contribution is 9.10. The van der Waals surface area contributed by atoms with Gasteiger partial charge in [-0.25, -0.2) is 4.98 Å². The van der Waals surface area contributed by atoms with Crippen LogP contribution in [-0.2, 0) is 6.42 Å². The molecular weight excluding hydrogens is 305 g/mol. The third kappa shape index (κ3) is 2.82. The number of benzene rings is 1. The first-order valence-electron chi connectivity index (χ1n) is 5.09. The Bertz CT molecular complexity index is 513. The Morgan fingerprint density at radius 3 is 2.94 bits per heavy atom. The first kappa shape index (κ1) is 12.5. The maximum atomic E-state index is 5.63. The highest BCUT2D eigenvalue weighted by Crippen LogP contribution is 2.30. The van der Waals surface area contributed by atoms with Crippen LogP contribution >= 0.6 is 27.5 Å². The van der Waals surface area contributed by atoms with Gasteiger partial charge in [-0.2, -0.15) is 0 Å². The van der Waals surface area contributed by atoms with Crippen molar-refractivity contribution in [3.8, 4) is 17.1 Å². The van der Waals surface area contributed by atoms with Crippen LogP contribution in [0.5, 0.6) is 5.75 Å². The van der Waals surface area contributed by atoms with Gasteiger partial charge in [0.25, 0.3) is 0 Å². The molecule has 0 saturated carbocycles. The molecule has 0 aliphatic heterocycles. The molecule has 0 atom stereocenters. The zero-order chi connectivity index (χ0) is 12.3. The predicted octanol–water partition coefficient (Wildman–Crippen LogP) is 3.89. The Kier molecular flexibility index (Phi) is 4.07. The number of hydrogen-bond donors (Lipinski definition) is 0. The first-order chi connectivity index (χ1) is 8.24. The van der Waals surface area contributed by atoms with Crippen molar-refractivity contribution in [2.75, 3.05) is 13.0 Å². The van der Waals surface area contributed by atoms with Gasteiger partial charge in [0.1, 0.15) is 5.75 Å². The van der Waals surface area contributed by atoms with Gasteiger partial charge in [-0.3, -0.25) is 0 Å². The smallest absolute Gasteiger partial charge is 0.196 e. The molecule has 0 unspecified atom stereocenters. The topological polar surface area (TPSA) is 35.3 Å². The summed E-state index contributed by atoms with van der Waals surface area (Å²) in [5, 5.41) is 0. The Balaban J connectivity index is 2.29. The van der Waals surface area contributed by atoms with Crippen LogP contribution in [0.2, 0.25) is 0 Å². The van der Waals surface area contributed by atoms with Crippen LogP contribution < -0.4 is 4.74 Å². The Labute approximate surface area is 113 Å². The molecule has 0 radical (unpaired) electrons. The van der Waals surface area contributed by atoms with Crippen LogP contribution in [0, 0.1) is 0 Å². The van der Waals surface area contributed by atoms with E-state index in [4.69, 9.17) is 20.8 Å². The molecular formula is C12H11BrClNO2. The summed E-state index contributed by atoms with van der Waals surface area (Å²) < 4.78 is 11.6. The minimum Gasteiger partial charge on any atom is -0.496 e. The number of ether oxygens (including phenoxy) is 1. The van der Waals surface area contributed by atoms with Gasteiger partial charge in [0.05, 0.1) is 17.8 Å². The summed E-state index contributed by atoms with van der Waals surface area (Å²) in [4.78, 5) is 4.16. The van der Waals surface area contributed by atoms with Crippen molar-refractivity contribution >= 4 is 27.5 Å². The summed E-state index contributed by atoms with van der Waals surface area (Å²) in [6.07, 6.45) is 2.34. The predicted molar refractivity (Wildman–Crippen MR) is 70.6 cm³/mol. The molecule has 0 amide bonds. The quantitative estimate of drug-likeness (QED) is 0.803. The highest BCUT2D eigenvalue weighted by atomic mass is 79.9. The second kappa shape index (κ2) is 5.56. The van der Waals surface area contributed by atoms with Crippen molar-refractivity contribution in [2.45, 2.75) is 6.42 Å². The van der Waals surface area contributed by atoms with E-state index in [2.05, 4.69) is 20.9 Å². The van der Waals surface area contributed by atoms with Gasteiger partial charge in [-0.15, -0.1) is 11.6 Å². The summed E-state index contributed by atoms with van der Waals surface area (Å²) >= 11 is 9.07. The van der Waals surface area contributed by atoms with E-state index in [1.165, 1.54) is 0 Å². The molecule has 0 fully saturated rings. The molecule has 1 aromatic heterocycles. The van der Waals surface area contributed by atoms with Crippen molar-refractivity contribution in [3.63, 3.8) is 0 Å². The number of aromatic nitrogens is 1. The van der Waals surface area contributed by atoms with E-state index in [-0.39, 0.29) is 0 Å². The van der Waals surface area contributed by atoms with E-state index in [0.717, 1.165) is 21.5 Å². The molecule has 0 aliphatic rings. The lowest BCUT2D eigenvalue weighted by Gasteiger charge is -2.04. The van der Waals surface area contributed by atoms with Crippen LogP contribution in [0.3, 0.4) is 0 Å². The van der Waals surface area contributed by atoms with Crippen molar-refractivity contribution in [1.82, 2.24) is 4.98 Å². The molecule has 1 aromatic carbocycles. The standard InChI is InChI=1S/C12H11BrClNO2/c1-16-10-3-2-8(6-9(10)13)11-7-15-12(17-11)4-5-14/h2-3,6-7H,4-5H2,1H3. The fraction of sp³-hybridized carbons (Fsp3) is 0.250. The molecule has 0 spiro atoms. The summed E-state index contributed by atoms with van der Waals surface area (Å²) in [5.41, 5.74) is 0.950. The maximum absolute atomic E-state index is 5.63. The van der Waals surface area contributed by atoms with Crippen molar-refractivity contribution < 1.29 is 9.15 Å². The van der Waals surface area contributed by atoms with Crippen molar-refractivity contribution in [1.29, 1.82) is 0 Å². The number of hydrogen-bond acceptors (Lipinski definition) is 3.